The maximum Gasteiger partial charge on any atom is 0.172 e. The van der Waals surface area contributed by atoms with Gasteiger partial charge in [0.25, 0.3) is 0 Å². The van der Waals surface area contributed by atoms with E-state index in [0.717, 1.165) is 47.1 Å². The summed E-state index contributed by atoms with van der Waals surface area (Å²) in [5.41, 5.74) is 2.87. The van der Waals surface area contributed by atoms with Gasteiger partial charge in [0.1, 0.15) is 12.1 Å². The Morgan fingerprint density at radius 2 is 1.83 bits per heavy atom. The second-order valence-corrected chi connectivity index (χ2v) is 6.83. The van der Waals surface area contributed by atoms with Crippen molar-refractivity contribution in [3.63, 3.8) is 0 Å². The molecule has 0 atom stereocenters. The molecule has 8 heteroatoms. The van der Waals surface area contributed by atoms with E-state index in [4.69, 9.17) is 14.7 Å². The van der Waals surface area contributed by atoms with Gasteiger partial charge < -0.3 is 15.0 Å². The zero-order chi connectivity index (χ0) is 19.5. The third-order valence-corrected chi connectivity index (χ3v) is 4.90. The number of imidazole rings is 1. The molecule has 146 valence electrons. The highest BCUT2D eigenvalue weighted by molar-refractivity contribution is 5.80. The molecular formula is C21H21N7O. The standard InChI is InChI=1S/C21H21N7O/c1-2-4-18-17(3-1)25-20(21(26-18)27-9-11-29-12-10-27)24-14-16-5-6-23-19(13-16)28-8-7-22-15-28/h1-8,13,15H,9-12,14H2,(H,24,25). The Balaban J connectivity index is 1.44. The average Bonchev–Trinajstić information content (AvgIpc) is 3.33. The quantitative estimate of drug-likeness (QED) is 0.564. The number of ether oxygens (including phenoxy) is 1. The fraction of sp³-hybridized carbons (Fsp3) is 0.238. The van der Waals surface area contributed by atoms with E-state index in [1.807, 2.05) is 47.2 Å². The van der Waals surface area contributed by atoms with Gasteiger partial charge in [-0.15, -0.1) is 0 Å². The van der Waals surface area contributed by atoms with E-state index >= 15 is 0 Å². The molecule has 1 aliphatic heterocycles. The molecule has 0 spiro atoms. The van der Waals surface area contributed by atoms with Gasteiger partial charge in [-0.3, -0.25) is 4.57 Å². The fourth-order valence-corrected chi connectivity index (χ4v) is 3.40. The molecule has 0 amide bonds. The Bertz CT molecular complexity index is 1110. The van der Waals surface area contributed by atoms with Crippen LogP contribution in [0.15, 0.2) is 61.3 Å². The molecule has 3 aromatic heterocycles. The van der Waals surface area contributed by atoms with Crippen LogP contribution in [0.1, 0.15) is 5.56 Å². The molecule has 4 aromatic rings. The van der Waals surface area contributed by atoms with E-state index in [1.54, 1.807) is 18.7 Å². The van der Waals surface area contributed by atoms with Crippen molar-refractivity contribution in [1.29, 1.82) is 0 Å². The van der Waals surface area contributed by atoms with Crippen molar-refractivity contribution in [1.82, 2.24) is 24.5 Å². The van der Waals surface area contributed by atoms with Gasteiger partial charge in [0.05, 0.1) is 24.2 Å². The second kappa shape index (κ2) is 7.84. The number of para-hydroxylation sites is 2. The molecule has 0 bridgehead atoms. The maximum atomic E-state index is 5.50. The predicted molar refractivity (Wildman–Crippen MR) is 111 cm³/mol. The molecule has 29 heavy (non-hydrogen) atoms. The van der Waals surface area contributed by atoms with Crippen molar-refractivity contribution in [2.75, 3.05) is 36.5 Å². The zero-order valence-corrected chi connectivity index (χ0v) is 15.9. The number of rotatable bonds is 5. The van der Waals surface area contributed by atoms with Gasteiger partial charge in [0, 0.05) is 38.2 Å². The molecule has 0 aliphatic carbocycles. The third kappa shape index (κ3) is 3.74. The lowest BCUT2D eigenvalue weighted by Crippen LogP contribution is -2.37. The monoisotopic (exact) mass is 387 g/mol. The third-order valence-electron chi connectivity index (χ3n) is 4.90. The maximum absolute atomic E-state index is 5.50. The average molecular weight is 387 g/mol. The highest BCUT2D eigenvalue weighted by Gasteiger charge is 2.18. The summed E-state index contributed by atoms with van der Waals surface area (Å²) in [6.45, 7) is 3.64. The van der Waals surface area contributed by atoms with E-state index in [0.29, 0.717) is 19.8 Å². The number of nitrogens with one attached hydrogen (secondary N) is 1. The van der Waals surface area contributed by atoms with Crippen LogP contribution in [-0.2, 0) is 11.3 Å². The Hall–Kier alpha value is -3.52. The predicted octanol–water partition coefficient (Wildman–Crippen LogP) is 2.66. The van der Waals surface area contributed by atoms with Gasteiger partial charge in [-0.1, -0.05) is 12.1 Å². The lowest BCUT2D eigenvalue weighted by molar-refractivity contribution is 0.122. The first-order valence-corrected chi connectivity index (χ1v) is 9.63. The second-order valence-electron chi connectivity index (χ2n) is 6.83. The number of morpholine rings is 1. The molecule has 1 saturated heterocycles. The van der Waals surface area contributed by atoms with Crippen LogP contribution in [0, 0.1) is 0 Å². The molecular weight excluding hydrogens is 366 g/mol. The molecule has 1 N–H and O–H groups in total. The molecule has 1 aromatic carbocycles. The molecule has 8 nitrogen and oxygen atoms in total. The molecule has 0 unspecified atom stereocenters. The minimum Gasteiger partial charge on any atom is -0.378 e. The van der Waals surface area contributed by atoms with Crippen molar-refractivity contribution in [2.24, 2.45) is 0 Å². The Labute approximate surface area is 168 Å². The Morgan fingerprint density at radius 1 is 1.00 bits per heavy atom. The number of hydrogen-bond acceptors (Lipinski definition) is 7. The minimum absolute atomic E-state index is 0.620. The van der Waals surface area contributed by atoms with E-state index in [2.05, 4.69) is 20.2 Å². The Kier molecular flexibility index (Phi) is 4.75. The zero-order valence-electron chi connectivity index (χ0n) is 15.9. The van der Waals surface area contributed by atoms with Crippen LogP contribution in [0.3, 0.4) is 0 Å². The molecule has 0 saturated carbocycles. The summed E-state index contributed by atoms with van der Waals surface area (Å²) in [7, 11) is 0. The highest BCUT2D eigenvalue weighted by atomic mass is 16.5. The van der Waals surface area contributed by atoms with E-state index < -0.39 is 0 Å². The first-order valence-electron chi connectivity index (χ1n) is 9.63. The summed E-state index contributed by atoms with van der Waals surface area (Å²) >= 11 is 0. The van der Waals surface area contributed by atoms with Gasteiger partial charge in [-0.25, -0.2) is 19.9 Å². The van der Waals surface area contributed by atoms with Crippen LogP contribution in [0.25, 0.3) is 16.9 Å². The molecule has 4 heterocycles. The number of fused-ring (bicyclic) bond motifs is 1. The SMILES string of the molecule is c1ccc2nc(N3CCOCC3)c(NCc3ccnc(-n4ccnc4)c3)nc2c1. The van der Waals surface area contributed by atoms with E-state index in [9.17, 15) is 0 Å². The van der Waals surface area contributed by atoms with Gasteiger partial charge >= 0.3 is 0 Å². The lowest BCUT2D eigenvalue weighted by atomic mass is 10.2. The number of hydrogen-bond donors (Lipinski definition) is 1. The van der Waals surface area contributed by atoms with Crippen LogP contribution < -0.4 is 10.2 Å². The first kappa shape index (κ1) is 17.6. The van der Waals surface area contributed by atoms with E-state index in [-0.39, 0.29) is 0 Å². The molecule has 1 fully saturated rings. The van der Waals surface area contributed by atoms with Crippen LogP contribution in [0.4, 0.5) is 11.6 Å². The lowest BCUT2D eigenvalue weighted by Gasteiger charge is -2.29. The van der Waals surface area contributed by atoms with Crippen LogP contribution in [-0.4, -0.2) is 50.8 Å². The number of pyridine rings is 1. The highest BCUT2D eigenvalue weighted by Crippen LogP contribution is 2.26. The molecule has 1 aliphatic rings. The largest absolute Gasteiger partial charge is 0.378 e. The molecule has 5 rings (SSSR count). The van der Waals surface area contributed by atoms with Gasteiger partial charge in [-0.05, 0) is 29.8 Å². The van der Waals surface area contributed by atoms with Crippen molar-refractivity contribution < 1.29 is 4.74 Å². The van der Waals surface area contributed by atoms with Crippen molar-refractivity contribution in [3.8, 4) is 5.82 Å². The topological polar surface area (TPSA) is 81.0 Å². The summed E-state index contributed by atoms with van der Waals surface area (Å²) in [4.78, 5) is 20.5. The first-order chi connectivity index (χ1) is 14.4. The number of anilines is 2. The van der Waals surface area contributed by atoms with Crippen LogP contribution in [0.2, 0.25) is 0 Å². The van der Waals surface area contributed by atoms with Crippen molar-refractivity contribution in [3.05, 3.63) is 66.9 Å². The number of aromatic nitrogens is 5. The van der Waals surface area contributed by atoms with Crippen LogP contribution in [0.5, 0.6) is 0 Å². The smallest absolute Gasteiger partial charge is 0.172 e. The summed E-state index contributed by atoms with van der Waals surface area (Å²) in [5, 5.41) is 3.48. The normalized spacial score (nSPS) is 14.3. The van der Waals surface area contributed by atoms with Crippen LogP contribution >= 0.6 is 0 Å². The Morgan fingerprint density at radius 3 is 2.62 bits per heavy atom. The van der Waals surface area contributed by atoms with E-state index in [1.165, 1.54) is 0 Å². The summed E-state index contributed by atoms with van der Waals surface area (Å²) in [5.74, 6) is 2.49. The van der Waals surface area contributed by atoms with Crippen molar-refractivity contribution in [2.45, 2.75) is 6.54 Å². The number of benzene rings is 1. The van der Waals surface area contributed by atoms with Gasteiger partial charge in [0.15, 0.2) is 11.6 Å². The van der Waals surface area contributed by atoms with Gasteiger partial charge in [-0.2, -0.15) is 0 Å². The van der Waals surface area contributed by atoms with Crippen molar-refractivity contribution >= 4 is 22.7 Å². The summed E-state index contributed by atoms with van der Waals surface area (Å²) in [6.07, 6.45) is 7.17. The summed E-state index contributed by atoms with van der Waals surface area (Å²) < 4.78 is 7.39. The minimum atomic E-state index is 0.620. The summed E-state index contributed by atoms with van der Waals surface area (Å²) in [6, 6.07) is 12.0. The fourth-order valence-electron chi connectivity index (χ4n) is 3.40. The molecule has 0 radical (unpaired) electrons. The number of nitrogens with zero attached hydrogens (tertiary/aromatic N) is 6. The van der Waals surface area contributed by atoms with Gasteiger partial charge in [0.2, 0.25) is 0 Å².